The zero-order chi connectivity index (χ0) is 18.5. The van der Waals surface area contributed by atoms with Crippen LogP contribution in [-0.2, 0) is 16.4 Å². The minimum atomic E-state index is -3.21. The fraction of sp³-hybridized carbons (Fsp3) is 0.500. The molecular formula is C16H21N5O4S. The number of hydrogen-bond donors (Lipinski definition) is 2. The molecular weight excluding hydrogens is 358 g/mol. The lowest BCUT2D eigenvalue weighted by molar-refractivity contribution is 0.0280. The minimum absolute atomic E-state index is 0.0271. The largest absolute Gasteiger partial charge is 0.465 e. The topological polar surface area (TPSA) is 126 Å². The third-order valence-corrected chi connectivity index (χ3v) is 6.73. The lowest BCUT2D eigenvalue weighted by Gasteiger charge is -2.43. The SMILES string of the molecule is Cc1ccc(CN2CCN(C(=O)c3cc(N)n[nH]3)[C@@H]3CS(=O)(=O)C[C@@H]32)o1. The number of aromatic nitrogens is 2. The molecule has 10 heteroatoms. The van der Waals surface area contributed by atoms with Crippen LogP contribution in [0.4, 0.5) is 5.82 Å². The van der Waals surface area contributed by atoms with Crippen molar-refractivity contribution in [1.29, 1.82) is 0 Å². The van der Waals surface area contributed by atoms with E-state index in [1.54, 1.807) is 4.90 Å². The fourth-order valence-corrected chi connectivity index (χ4v) is 5.86. The summed E-state index contributed by atoms with van der Waals surface area (Å²) in [6.45, 7) is 3.42. The number of carbonyl (C=O) groups excluding carboxylic acids is 1. The van der Waals surface area contributed by atoms with Gasteiger partial charge in [-0.3, -0.25) is 14.8 Å². The highest BCUT2D eigenvalue weighted by Gasteiger charge is 2.48. The average Bonchev–Trinajstić information content (AvgIpc) is 3.25. The molecule has 0 aromatic carbocycles. The van der Waals surface area contributed by atoms with Gasteiger partial charge < -0.3 is 15.1 Å². The lowest BCUT2D eigenvalue weighted by Crippen LogP contribution is -2.60. The summed E-state index contributed by atoms with van der Waals surface area (Å²) in [4.78, 5) is 16.5. The van der Waals surface area contributed by atoms with Crippen LogP contribution >= 0.6 is 0 Å². The van der Waals surface area contributed by atoms with Crippen LogP contribution < -0.4 is 5.73 Å². The van der Waals surface area contributed by atoms with E-state index < -0.39 is 9.84 Å². The number of sulfone groups is 1. The molecule has 1 amide bonds. The highest BCUT2D eigenvalue weighted by atomic mass is 32.2. The molecule has 2 aliphatic heterocycles. The van der Waals surface area contributed by atoms with E-state index in [1.165, 1.54) is 6.07 Å². The second-order valence-corrected chi connectivity index (χ2v) is 9.05. The Hall–Kier alpha value is -2.33. The molecule has 2 atom stereocenters. The van der Waals surface area contributed by atoms with E-state index in [0.29, 0.717) is 19.6 Å². The second kappa shape index (κ2) is 6.13. The first-order valence-corrected chi connectivity index (χ1v) is 10.3. The van der Waals surface area contributed by atoms with Crippen LogP contribution in [0.15, 0.2) is 22.6 Å². The summed E-state index contributed by atoms with van der Waals surface area (Å²) in [5, 5.41) is 6.40. The molecule has 0 bridgehead atoms. The summed E-state index contributed by atoms with van der Waals surface area (Å²) in [6.07, 6.45) is 0. The normalized spacial score (nSPS) is 25.3. The Morgan fingerprint density at radius 3 is 2.77 bits per heavy atom. The molecule has 3 N–H and O–H groups in total. The number of amides is 1. The van der Waals surface area contributed by atoms with Crippen LogP contribution in [0.25, 0.3) is 0 Å². The number of fused-ring (bicyclic) bond motifs is 1. The summed E-state index contributed by atoms with van der Waals surface area (Å²) in [5.41, 5.74) is 5.86. The monoisotopic (exact) mass is 379 g/mol. The predicted octanol–water partition coefficient (Wildman–Crippen LogP) is 0.0169. The smallest absolute Gasteiger partial charge is 0.272 e. The quantitative estimate of drug-likeness (QED) is 0.770. The first-order chi connectivity index (χ1) is 12.3. The summed E-state index contributed by atoms with van der Waals surface area (Å²) in [6, 6.07) is 4.63. The minimum Gasteiger partial charge on any atom is -0.465 e. The van der Waals surface area contributed by atoms with Gasteiger partial charge in [0.2, 0.25) is 0 Å². The molecule has 0 unspecified atom stereocenters. The van der Waals surface area contributed by atoms with E-state index in [1.807, 2.05) is 19.1 Å². The Morgan fingerprint density at radius 1 is 1.35 bits per heavy atom. The van der Waals surface area contributed by atoms with Crippen molar-refractivity contribution in [2.75, 3.05) is 30.3 Å². The number of H-pyrrole nitrogens is 1. The maximum atomic E-state index is 12.8. The number of rotatable bonds is 3. The van der Waals surface area contributed by atoms with Crippen LogP contribution in [0, 0.1) is 6.92 Å². The number of nitrogens with one attached hydrogen (secondary N) is 1. The van der Waals surface area contributed by atoms with Gasteiger partial charge in [0.1, 0.15) is 23.0 Å². The number of nitrogen functional groups attached to an aromatic ring is 1. The zero-order valence-electron chi connectivity index (χ0n) is 14.4. The molecule has 4 heterocycles. The zero-order valence-corrected chi connectivity index (χ0v) is 15.2. The van der Waals surface area contributed by atoms with Crippen molar-refractivity contribution >= 4 is 21.6 Å². The number of piperazine rings is 1. The number of anilines is 1. The first kappa shape index (κ1) is 17.1. The Kier molecular flexibility index (Phi) is 4.03. The summed E-state index contributed by atoms with van der Waals surface area (Å²) >= 11 is 0. The van der Waals surface area contributed by atoms with Crippen LogP contribution in [-0.4, -0.2) is 71.0 Å². The molecule has 0 radical (unpaired) electrons. The standard InChI is InChI=1S/C16H21N5O4S/c1-10-2-3-11(25-10)7-20-4-5-21(14-9-26(23,24)8-13(14)20)16(22)12-6-15(17)19-18-12/h2-3,6,13-14H,4-5,7-9H2,1H3,(H3,17,18,19)/t13-,14+/m0/s1. The second-order valence-electron chi connectivity index (χ2n) is 6.90. The van der Waals surface area contributed by atoms with Crippen LogP contribution in [0.2, 0.25) is 0 Å². The Morgan fingerprint density at radius 2 is 2.12 bits per heavy atom. The van der Waals surface area contributed by atoms with Gasteiger partial charge in [0, 0.05) is 25.2 Å². The highest BCUT2D eigenvalue weighted by molar-refractivity contribution is 7.91. The number of nitrogens with two attached hydrogens (primary N) is 1. The predicted molar refractivity (Wildman–Crippen MR) is 94.1 cm³/mol. The van der Waals surface area contributed by atoms with Crippen LogP contribution in [0.3, 0.4) is 0 Å². The molecule has 2 aliphatic rings. The third-order valence-electron chi connectivity index (χ3n) is 5.03. The number of furan rings is 1. The molecule has 9 nitrogen and oxygen atoms in total. The average molecular weight is 379 g/mol. The maximum absolute atomic E-state index is 12.8. The molecule has 2 fully saturated rings. The molecule has 0 spiro atoms. The summed E-state index contributed by atoms with van der Waals surface area (Å²) < 4.78 is 30.2. The Bertz CT molecular complexity index is 934. The molecule has 26 heavy (non-hydrogen) atoms. The van der Waals surface area contributed by atoms with Crippen LogP contribution in [0.5, 0.6) is 0 Å². The van der Waals surface area contributed by atoms with Crippen molar-refractivity contribution in [2.24, 2.45) is 0 Å². The van der Waals surface area contributed by atoms with Crippen molar-refractivity contribution in [3.63, 3.8) is 0 Å². The molecule has 140 valence electrons. The summed E-state index contributed by atoms with van der Waals surface area (Å²) in [5.74, 6) is 1.60. The van der Waals surface area contributed by atoms with Gasteiger partial charge in [-0.1, -0.05) is 0 Å². The highest BCUT2D eigenvalue weighted by Crippen LogP contribution is 2.29. The van der Waals surface area contributed by atoms with Crippen LogP contribution in [0.1, 0.15) is 22.0 Å². The maximum Gasteiger partial charge on any atom is 0.272 e. The molecule has 2 saturated heterocycles. The van der Waals surface area contributed by atoms with E-state index in [0.717, 1.165) is 11.5 Å². The van der Waals surface area contributed by atoms with Gasteiger partial charge in [0.05, 0.1) is 24.1 Å². The first-order valence-electron chi connectivity index (χ1n) is 8.44. The van der Waals surface area contributed by atoms with Crippen molar-refractivity contribution in [2.45, 2.75) is 25.6 Å². The van der Waals surface area contributed by atoms with Crippen molar-refractivity contribution < 1.29 is 17.6 Å². The van der Waals surface area contributed by atoms with Crippen molar-refractivity contribution in [3.05, 3.63) is 35.4 Å². The lowest BCUT2D eigenvalue weighted by atomic mass is 10.0. The Balaban J connectivity index is 1.58. The molecule has 2 aromatic rings. The van der Waals surface area contributed by atoms with E-state index in [2.05, 4.69) is 15.1 Å². The van der Waals surface area contributed by atoms with Gasteiger partial charge in [0.25, 0.3) is 5.91 Å². The van der Waals surface area contributed by atoms with E-state index >= 15 is 0 Å². The molecule has 0 saturated carbocycles. The van der Waals surface area contributed by atoms with E-state index in [4.69, 9.17) is 10.2 Å². The number of nitrogens with zero attached hydrogens (tertiary/aromatic N) is 3. The van der Waals surface area contributed by atoms with Gasteiger partial charge in [-0.15, -0.1) is 0 Å². The number of hydrogen-bond acceptors (Lipinski definition) is 7. The Labute approximate surface area is 151 Å². The number of aryl methyl sites for hydroxylation is 1. The van der Waals surface area contributed by atoms with Crippen molar-refractivity contribution in [3.8, 4) is 0 Å². The number of carbonyl (C=O) groups is 1. The number of aromatic amines is 1. The summed E-state index contributed by atoms with van der Waals surface area (Å²) in [7, 11) is -3.21. The molecule has 2 aromatic heterocycles. The van der Waals surface area contributed by atoms with Gasteiger partial charge in [-0.2, -0.15) is 5.10 Å². The van der Waals surface area contributed by atoms with E-state index in [9.17, 15) is 13.2 Å². The van der Waals surface area contributed by atoms with Crippen molar-refractivity contribution in [1.82, 2.24) is 20.0 Å². The molecule has 0 aliphatic carbocycles. The van der Waals surface area contributed by atoms with E-state index in [-0.39, 0.29) is 41.0 Å². The van der Waals surface area contributed by atoms with Gasteiger partial charge in [-0.25, -0.2) is 8.42 Å². The van der Waals surface area contributed by atoms with Gasteiger partial charge in [-0.05, 0) is 19.1 Å². The molecule has 4 rings (SSSR count). The third kappa shape index (κ3) is 3.10. The van der Waals surface area contributed by atoms with Gasteiger partial charge in [0.15, 0.2) is 9.84 Å². The fourth-order valence-electron chi connectivity index (χ4n) is 3.85. The van der Waals surface area contributed by atoms with Gasteiger partial charge >= 0.3 is 0 Å².